The fourth-order valence-electron chi connectivity index (χ4n) is 4.37. The van der Waals surface area contributed by atoms with Crippen LogP contribution in [0, 0.1) is 11.3 Å². The van der Waals surface area contributed by atoms with Crippen molar-refractivity contribution in [2.45, 2.75) is 38.4 Å². The van der Waals surface area contributed by atoms with Crippen LogP contribution in [0.2, 0.25) is 0 Å². The summed E-state index contributed by atoms with van der Waals surface area (Å²) < 4.78 is 22.4. The topological polar surface area (TPSA) is 54.0 Å². The minimum absolute atomic E-state index is 0.0221. The van der Waals surface area contributed by atoms with Crippen molar-refractivity contribution in [3.63, 3.8) is 0 Å². The lowest BCUT2D eigenvalue weighted by Crippen LogP contribution is -2.40. The van der Waals surface area contributed by atoms with Gasteiger partial charge in [-0.2, -0.15) is 0 Å². The monoisotopic (exact) mass is 372 g/mol. The molecule has 0 spiro atoms. The van der Waals surface area contributed by atoms with Gasteiger partial charge in [-0.1, -0.05) is 19.1 Å². The third-order valence-electron chi connectivity index (χ3n) is 6.02. The minimum atomic E-state index is -0.417. The second-order valence-electron chi connectivity index (χ2n) is 7.33. The molecular formula is C22H28O5. The van der Waals surface area contributed by atoms with Gasteiger partial charge in [-0.25, -0.2) is 0 Å². The van der Waals surface area contributed by atoms with Gasteiger partial charge in [-0.15, -0.1) is 6.58 Å². The van der Waals surface area contributed by atoms with Crippen molar-refractivity contribution in [3.05, 3.63) is 48.3 Å². The van der Waals surface area contributed by atoms with Crippen LogP contribution in [0.5, 0.6) is 11.5 Å². The van der Waals surface area contributed by atoms with E-state index in [2.05, 4.69) is 13.5 Å². The first-order valence-electron chi connectivity index (χ1n) is 9.26. The summed E-state index contributed by atoms with van der Waals surface area (Å²) in [5, 5.41) is 0. The van der Waals surface area contributed by atoms with E-state index in [9.17, 15) is 4.79 Å². The Balaban J connectivity index is 1.88. The van der Waals surface area contributed by atoms with Gasteiger partial charge in [-0.3, -0.25) is 4.79 Å². The van der Waals surface area contributed by atoms with Crippen molar-refractivity contribution >= 4 is 5.78 Å². The van der Waals surface area contributed by atoms with E-state index >= 15 is 0 Å². The number of fused-ring (bicyclic) bond motifs is 1. The Morgan fingerprint density at radius 2 is 2.00 bits per heavy atom. The molecule has 1 aromatic carbocycles. The lowest BCUT2D eigenvalue weighted by molar-refractivity contribution is -0.127. The summed E-state index contributed by atoms with van der Waals surface area (Å²) in [6.45, 7) is 6.12. The van der Waals surface area contributed by atoms with Gasteiger partial charge in [0.2, 0.25) is 0 Å². The summed E-state index contributed by atoms with van der Waals surface area (Å²) in [5.41, 5.74) is 0.865. The van der Waals surface area contributed by atoms with Crippen molar-refractivity contribution in [1.29, 1.82) is 0 Å². The highest BCUT2D eigenvalue weighted by Gasteiger charge is 2.54. The number of benzene rings is 1. The zero-order chi connectivity index (χ0) is 19.6. The van der Waals surface area contributed by atoms with E-state index in [-0.39, 0.29) is 23.2 Å². The highest BCUT2D eigenvalue weighted by atomic mass is 16.5. The largest absolute Gasteiger partial charge is 0.493 e. The Kier molecular flexibility index (Phi) is 5.61. The summed E-state index contributed by atoms with van der Waals surface area (Å²) in [6, 6.07) is 5.91. The van der Waals surface area contributed by atoms with Crippen LogP contribution in [-0.4, -0.2) is 39.3 Å². The second-order valence-corrected chi connectivity index (χ2v) is 7.33. The number of methoxy groups -OCH3 is 3. The van der Waals surface area contributed by atoms with Crippen molar-refractivity contribution in [2.75, 3.05) is 21.3 Å². The van der Waals surface area contributed by atoms with E-state index in [1.165, 1.54) is 0 Å². The fraction of sp³-hybridized carbons (Fsp3) is 0.500. The zero-order valence-corrected chi connectivity index (χ0v) is 16.5. The first-order valence-corrected chi connectivity index (χ1v) is 9.26. The maximum absolute atomic E-state index is 12.3. The highest BCUT2D eigenvalue weighted by molar-refractivity contribution is 5.95. The third kappa shape index (κ3) is 3.36. The molecule has 3 rings (SSSR count). The van der Waals surface area contributed by atoms with E-state index in [4.69, 9.17) is 18.9 Å². The molecule has 0 bridgehead atoms. The van der Waals surface area contributed by atoms with Gasteiger partial charge >= 0.3 is 0 Å². The minimum Gasteiger partial charge on any atom is -0.493 e. The molecule has 5 nitrogen and oxygen atoms in total. The number of allylic oxidation sites excluding steroid dienone is 2. The van der Waals surface area contributed by atoms with Crippen molar-refractivity contribution in [1.82, 2.24) is 0 Å². The quantitative estimate of drug-likeness (QED) is 0.683. The van der Waals surface area contributed by atoms with Crippen LogP contribution in [0.15, 0.2) is 42.7 Å². The van der Waals surface area contributed by atoms with Gasteiger partial charge in [-0.05, 0) is 30.5 Å². The Bertz CT molecular complexity index is 753. The summed E-state index contributed by atoms with van der Waals surface area (Å²) in [4.78, 5) is 12.3. The Hall–Kier alpha value is -2.27. The molecule has 27 heavy (non-hydrogen) atoms. The molecule has 5 heteroatoms. The average Bonchev–Trinajstić information content (AvgIpc) is 2.92. The fourth-order valence-corrected chi connectivity index (χ4v) is 4.37. The molecule has 0 radical (unpaired) electrons. The average molecular weight is 372 g/mol. The molecule has 0 aromatic heterocycles. The lowest BCUT2D eigenvalue weighted by atomic mass is 9.65. The highest BCUT2D eigenvalue weighted by Crippen LogP contribution is 2.55. The van der Waals surface area contributed by atoms with Crippen molar-refractivity contribution < 1.29 is 23.7 Å². The van der Waals surface area contributed by atoms with Crippen LogP contribution >= 0.6 is 0 Å². The number of ether oxygens (including phenoxy) is 4. The van der Waals surface area contributed by atoms with E-state index < -0.39 is 6.10 Å². The second kappa shape index (κ2) is 7.77. The number of hydrogen-bond acceptors (Lipinski definition) is 5. The summed E-state index contributed by atoms with van der Waals surface area (Å²) in [6.07, 6.45) is 5.21. The summed E-state index contributed by atoms with van der Waals surface area (Å²) in [7, 11) is 4.84. The molecule has 2 aliphatic rings. The number of carbonyl (C=O) groups is 1. The van der Waals surface area contributed by atoms with Crippen LogP contribution in [0.3, 0.4) is 0 Å². The van der Waals surface area contributed by atoms with E-state index in [1.54, 1.807) is 27.4 Å². The van der Waals surface area contributed by atoms with E-state index in [1.807, 2.05) is 24.3 Å². The molecule has 0 N–H and O–H groups in total. The molecule has 1 aromatic rings. The van der Waals surface area contributed by atoms with Crippen LogP contribution in [-0.2, 0) is 20.7 Å². The molecule has 1 aliphatic carbocycles. The molecule has 1 fully saturated rings. The van der Waals surface area contributed by atoms with Crippen molar-refractivity contribution in [2.24, 2.45) is 11.3 Å². The number of carbonyl (C=O) groups excluding carboxylic acids is 1. The Morgan fingerprint density at radius 3 is 2.63 bits per heavy atom. The van der Waals surface area contributed by atoms with Crippen LogP contribution < -0.4 is 9.47 Å². The molecule has 1 saturated heterocycles. The standard InChI is InChI=1S/C22H28O5/c1-6-9-22-13-20(26-5)16(23)12-21(22)27-18(14(22)2)10-15-7-8-17(24-3)19(11-15)25-4/h6-8,11-12,14,18,20H,1,9-10,13H2,2-5H3. The van der Waals surface area contributed by atoms with Gasteiger partial charge in [0.25, 0.3) is 0 Å². The molecule has 146 valence electrons. The number of rotatable bonds is 7. The molecule has 0 amide bonds. The molecule has 4 atom stereocenters. The smallest absolute Gasteiger partial charge is 0.187 e. The van der Waals surface area contributed by atoms with Gasteiger partial charge in [0.05, 0.1) is 14.2 Å². The van der Waals surface area contributed by atoms with E-state index in [0.29, 0.717) is 17.9 Å². The summed E-state index contributed by atoms with van der Waals surface area (Å²) in [5.74, 6) is 2.38. The first-order chi connectivity index (χ1) is 13.0. The predicted molar refractivity (Wildman–Crippen MR) is 103 cm³/mol. The molecule has 4 unspecified atom stereocenters. The van der Waals surface area contributed by atoms with Gasteiger partial charge in [0, 0.05) is 30.9 Å². The van der Waals surface area contributed by atoms with Crippen LogP contribution in [0.25, 0.3) is 0 Å². The van der Waals surface area contributed by atoms with Crippen molar-refractivity contribution in [3.8, 4) is 11.5 Å². The molecule has 0 saturated carbocycles. The number of hydrogen-bond donors (Lipinski definition) is 0. The maximum Gasteiger partial charge on any atom is 0.187 e. The van der Waals surface area contributed by atoms with Crippen LogP contribution in [0.4, 0.5) is 0 Å². The van der Waals surface area contributed by atoms with Gasteiger partial charge < -0.3 is 18.9 Å². The van der Waals surface area contributed by atoms with Gasteiger partial charge in [0.1, 0.15) is 18.0 Å². The predicted octanol–water partition coefficient (Wildman–Crippen LogP) is 3.72. The van der Waals surface area contributed by atoms with E-state index in [0.717, 1.165) is 24.2 Å². The SMILES string of the molecule is C=CCC12CC(OC)C(=O)C=C1OC(Cc1ccc(OC)c(OC)c1)C2C. The molecular weight excluding hydrogens is 344 g/mol. The normalized spacial score (nSPS) is 29.6. The number of ketones is 1. The maximum atomic E-state index is 12.3. The zero-order valence-electron chi connectivity index (χ0n) is 16.5. The van der Waals surface area contributed by atoms with Gasteiger partial charge in [0.15, 0.2) is 17.3 Å². The summed E-state index contributed by atoms with van der Waals surface area (Å²) >= 11 is 0. The first kappa shape index (κ1) is 19.5. The lowest BCUT2D eigenvalue weighted by Gasteiger charge is -2.37. The Labute approximate surface area is 160 Å². The van der Waals surface area contributed by atoms with Crippen LogP contribution in [0.1, 0.15) is 25.3 Å². The third-order valence-corrected chi connectivity index (χ3v) is 6.02. The Morgan fingerprint density at radius 1 is 1.26 bits per heavy atom. The molecule has 1 heterocycles. The molecule has 1 aliphatic heterocycles.